The van der Waals surface area contributed by atoms with Crippen LogP contribution in [0.25, 0.3) is 22.5 Å². The van der Waals surface area contributed by atoms with Crippen molar-refractivity contribution in [3.05, 3.63) is 77.1 Å². The molecule has 0 spiro atoms. The normalized spacial score (nSPS) is 10.8. The summed E-state index contributed by atoms with van der Waals surface area (Å²) in [5, 5.41) is 14.6. The van der Waals surface area contributed by atoms with Gasteiger partial charge in [0.05, 0.1) is 12.8 Å². The van der Waals surface area contributed by atoms with Crippen LogP contribution in [0.3, 0.4) is 0 Å². The molecule has 0 aliphatic heterocycles. The van der Waals surface area contributed by atoms with Crippen LogP contribution in [0.15, 0.2) is 54.6 Å². The van der Waals surface area contributed by atoms with Gasteiger partial charge in [-0.2, -0.15) is 5.21 Å². The molecule has 8 heteroatoms. The highest BCUT2D eigenvalue weighted by Crippen LogP contribution is 2.32. The zero-order valence-corrected chi connectivity index (χ0v) is 18.8. The van der Waals surface area contributed by atoms with Gasteiger partial charge < -0.3 is 9.47 Å². The smallest absolute Gasteiger partial charge is 0.343 e. The fourth-order valence-corrected chi connectivity index (χ4v) is 3.67. The maximum atomic E-state index is 12.5. The Morgan fingerprint density at radius 1 is 1.00 bits per heavy atom. The number of pyridine rings is 1. The molecule has 2 aromatic carbocycles. The van der Waals surface area contributed by atoms with Gasteiger partial charge in [-0.15, -0.1) is 10.2 Å². The van der Waals surface area contributed by atoms with Crippen LogP contribution in [0.4, 0.5) is 0 Å². The van der Waals surface area contributed by atoms with Gasteiger partial charge in [0, 0.05) is 17.3 Å². The Morgan fingerprint density at radius 2 is 1.82 bits per heavy atom. The topological polar surface area (TPSA) is 103 Å². The largest absolute Gasteiger partial charge is 0.488 e. The Balaban J connectivity index is 1.70. The first kappa shape index (κ1) is 22.1. The fraction of sp³-hybridized carbons (Fsp3) is 0.240. The quantitative estimate of drug-likeness (QED) is 0.402. The number of aryl methyl sites for hydroxylation is 2. The molecule has 0 saturated carbocycles. The number of aromatic amines is 1. The summed E-state index contributed by atoms with van der Waals surface area (Å²) in [6.45, 7) is 4.22. The average Bonchev–Trinajstić information content (AvgIpc) is 3.41. The molecule has 0 fully saturated rings. The van der Waals surface area contributed by atoms with Gasteiger partial charge in [-0.3, -0.25) is 4.98 Å². The van der Waals surface area contributed by atoms with Crippen LogP contribution in [0.5, 0.6) is 5.75 Å². The Hall–Kier alpha value is -4.07. The number of methoxy groups -OCH3 is 1. The second-order valence-corrected chi connectivity index (χ2v) is 7.40. The van der Waals surface area contributed by atoms with Gasteiger partial charge in [0.2, 0.25) is 5.82 Å². The number of ether oxygens (including phenoxy) is 2. The van der Waals surface area contributed by atoms with Crippen molar-refractivity contribution in [2.75, 3.05) is 7.11 Å². The van der Waals surface area contributed by atoms with Crippen molar-refractivity contribution in [2.24, 2.45) is 0 Å². The number of esters is 1. The first-order chi connectivity index (χ1) is 16.1. The maximum absolute atomic E-state index is 12.5. The molecule has 33 heavy (non-hydrogen) atoms. The lowest BCUT2D eigenvalue weighted by molar-refractivity contribution is 0.0593. The maximum Gasteiger partial charge on any atom is 0.343 e. The van der Waals surface area contributed by atoms with Crippen LogP contribution in [0.1, 0.15) is 41.2 Å². The fourth-order valence-electron chi connectivity index (χ4n) is 3.67. The summed E-state index contributed by atoms with van der Waals surface area (Å²) in [4.78, 5) is 17.0. The van der Waals surface area contributed by atoms with Crippen molar-refractivity contribution in [3.63, 3.8) is 0 Å². The highest BCUT2D eigenvalue weighted by Gasteiger charge is 2.21. The number of H-pyrrole nitrogens is 1. The molecule has 2 aromatic heterocycles. The van der Waals surface area contributed by atoms with Crippen LogP contribution >= 0.6 is 0 Å². The molecule has 1 N–H and O–H groups in total. The van der Waals surface area contributed by atoms with Crippen molar-refractivity contribution in [1.82, 2.24) is 25.6 Å². The number of hydrogen-bond acceptors (Lipinski definition) is 7. The first-order valence-corrected chi connectivity index (χ1v) is 10.8. The minimum absolute atomic E-state index is 0.250. The number of hydrogen-bond donors (Lipinski definition) is 1. The number of benzene rings is 2. The SMILES string of the molecule is CCc1cc(OCc2ccc(-c3ccccc3)c(-c3nn[nH]n3)c2)c(C(=O)OC)c(CC)n1. The minimum Gasteiger partial charge on any atom is -0.488 e. The van der Waals surface area contributed by atoms with Gasteiger partial charge in [-0.25, -0.2) is 4.79 Å². The molecule has 0 aliphatic carbocycles. The standard InChI is InChI=1S/C25H25N5O3/c1-4-18-14-22(23(25(31)32-3)21(5-2)26-18)33-15-16-11-12-19(17-9-7-6-8-10-17)20(13-16)24-27-29-30-28-24/h6-14H,4-5,15H2,1-3H3,(H,27,28,29,30). The molecule has 0 saturated heterocycles. The van der Waals surface area contributed by atoms with Gasteiger partial charge in [0.1, 0.15) is 17.9 Å². The number of carbonyl (C=O) groups excluding carboxylic acids is 1. The Labute approximate surface area is 192 Å². The van der Waals surface area contributed by atoms with Gasteiger partial charge in [-0.1, -0.05) is 56.3 Å². The van der Waals surface area contributed by atoms with Gasteiger partial charge in [0.15, 0.2) is 0 Å². The molecule has 2 heterocycles. The molecule has 0 aliphatic rings. The van der Waals surface area contributed by atoms with Crippen LogP contribution in [-0.4, -0.2) is 38.7 Å². The molecule has 0 radical (unpaired) electrons. The third-order valence-corrected chi connectivity index (χ3v) is 5.35. The summed E-state index contributed by atoms with van der Waals surface area (Å²) in [7, 11) is 1.36. The van der Waals surface area contributed by atoms with E-state index >= 15 is 0 Å². The Bertz CT molecular complexity index is 1240. The third-order valence-electron chi connectivity index (χ3n) is 5.35. The summed E-state index contributed by atoms with van der Waals surface area (Å²) in [5.74, 6) is 0.513. The van der Waals surface area contributed by atoms with Crippen LogP contribution < -0.4 is 4.74 Å². The number of nitrogens with zero attached hydrogens (tertiary/aromatic N) is 4. The lowest BCUT2D eigenvalue weighted by Crippen LogP contribution is -2.12. The van der Waals surface area contributed by atoms with E-state index in [1.807, 2.05) is 68.4 Å². The van der Waals surface area contributed by atoms with E-state index in [0.717, 1.165) is 34.4 Å². The Kier molecular flexibility index (Phi) is 6.73. The second-order valence-electron chi connectivity index (χ2n) is 7.40. The van der Waals surface area contributed by atoms with Crippen molar-refractivity contribution in [1.29, 1.82) is 0 Å². The van der Waals surface area contributed by atoms with Crippen LogP contribution in [0, 0.1) is 0 Å². The molecular weight excluding hydrogens is 418 g/mol. The molecule has 4 aromatic rings. The molecule has 0 bridgehead atoms. The summed E-state index contributed by atoms with van der Waals surface area (Å²) in [5.41, 5.74) is 5.68. The zero-order chi connectivity index (χ0) is 23.2. The summed E-state index contributed by atoms with van der Waals surface area (Å²) >= 11 is 0. The van der Waals surface area contributed by atoms with E-state index in [-0.39, 0.29) is 6.61 Å². The van der Waals surface area contributed by atoms with Gasteiger partial charge in [0.25, 0.3) is 0 Å². The van der Waals surface area contributed by atoms with E-state index in [9.17, 15) is 4.79 Å². The van der Waals surface area contributed by atoms with E-state index in [1.54, 1.807) is 0 Å². The minimum atomic E-state index is -0.455. The number of carbonyl (C=O) groups is 1. The second kappa shape index (κ2) is 10.0. The number of aromatic nitrogens is 5. The summed E-state index contributed by atoms with van der Waals surface area (Å²) in [6.07, 6.45) is 1.33. The van der Waals surface area contributed by atoms with E-state index in [4.69, 9.17) is 9.47 Å². The lowest BCUT2D eigenvalue weighted by Gasteiger charge is -2.15. The predicted molar refractivity (Wildman–Crippen MR) is 124 cm³/mol. The summed E-state index contributed by atoms with van der Waals surface area (Å²) in [6, 6.07) is 17.8. The van der Waals surface area contributed by atoms with Gasteiger partial charge in [-0.05, 0) is 40.8 Å². The van der Waals surface area contributed by atoms with E-state index in [1.165, 1.54) is 7.11 Å². The number of rotatable bonds is 8. The molecular formula is C25H25N5O3. The van der Waals surface area contributed by atoms with Crippen molar-refractivity contribution in [2.45, 2.75) is 33.3 Å². The molecule has 168 valence electrons. The van der Waals surface area contributed by atoms with E-state index < -0.39 is 5.97 Å². The van der Waals surface area contributed by atoms with Crippen LogP contribution in [-0.2, 0) is 24.2 Å². The molecule has 0 amide bonds. The summed E-state index contributed by atoms with van der Waals surface area (Å²) < 4.78 is 11.1. The number of tetrazole rings is 1. The lowest BCUT2D eigenvalue weighted by atomic mass is 9.97. The third kappa shape index (κ3) is 4.74. The van der Waals surface area contributed by atoms with Gasteiger partial charge >= 0.3 is 5.97 Å². The average molecular weight is 444 g/mol. The first-order valence-electron chi connectivity index (χ1n) is 10.8. The highest BCUT2D eigenvalue weighted by atomic mass is 16.5. The molecule has 0 atom stereocenters. The van der Waals surface area contributed by atoms with Crippen molar-refractivity contribution < 1.29 is 14.3 Å². The molecule has 8 nitrogen and oxygen atoms in total. The van der Waals surface area contributed by atoms with Crippen LogP contribution in [0.2, 0.25) is 0 Å². The van der Waals surface area contributed by atoms with Crippen molar-refractivity contribution in [3.8, 4) is 28.3 Å². The molecule has 4 rings (SSSR count). The van der Waals surface area contributed by atoms with E-state index in [0.29, 0.717) is 29.3 Å². The van der Waals surface area contributed by atoms with Crippen molar-refractivity contribution >= 4 is 5.97 Å². The van der Waals surface area contributed by atoms with E-state index in [2.05, 4.69) is 25.6 Å². The zero-order valence-electron chi connectivity index (χ0n) is 18.8. The Morgan fingerprint density at radius 3 is 2.48 bits per heavy atom. The highest BCUT2D eigenvalue weighted by molar-refractivity contribution is 5.93. The monoisotopic (exact) mass is 443 g/mol. The number of nitrogens with one attached hydrogen (secondary N) is 1. The molecule has 0 unspecified atom stereocenters. The predicted octanol–water partition coefficient (Wildman–Crippen LogP) is 4.42.